The molecule has 0 spiro atoms. The number of carbonyl (C=O) groups is 1. The van der Waals surface area contributed by atoms with Crippen molar-refractivity contribution in [1.29, 1.82) is 0 Å². The second-order valence-electron chi connectivity index (χ2n) is 3.38. The summed E-state index contributed by atoms with van der Waals surface area (Å²) in [6, 6.07) is 0. The van der Waals surface area contributed by atoms with Crippen molar-refractivity contribution in [3.05, 3.63) is 0 Å². The minimum atomic E-state index is -1.12. The summed E-state index contributed by atoms with van der Waals surface area (Å²) in [5.74, 6) is 0. The van der Waals surface area contributed by atoms with Gasteiger partial charge in [0.2, 0.25) is 0 Å². The van der Waals surface area contributed by atoms with Gasteiger partial charge in [-0.15, -0.1) is 0 Å². The second-order valence-corrected chi connectivity index (χ2v) is 3.38. The van der Waals surface area contributed by atoms with Gasteiger partial charge in [-0.2, -0.15) is 5.06 Å². The minimum absolute atomic E-state index is 0.187. The molecule has 5 heteroatoms. The van der Waals surface area contributed by atoms with Crippen molar-refractivity contribution in [2.75, 3.05) is 13.1 Å². The largest absolute Gasteiger partial charge is 0.463 e. The molecule has 0 aromatic rings. The average Bonchev–Trinajstić information content (AvgIpc) is 1.83. The van der Waals surface area contributed by atoms with Crippen molar-refractivity contribution in [3.8, 4) is 0 Å². The Kier molecular flexibility index (Phi) is 3.99. The Morgan fingerprint density at radius 2 is 2.08 bits per heavy atom. The SMILES string of the molecule is CC(C)(C)ON(CCN)C(=O)O. The topological polar surface area (TPSA) is 75.8 Å². The van der Waals surface area contributed by atoms with Crippen LogP contribution in [0.15, 0.2) is 0 Å². The lowest BCUT2D eigenvalue weighted by atomic mass is 10.2. The zero-order valence-electron chi connectivity index (χ0n) is 7.70. The lowest BCUT2D eigenvalue weighted by Crippen LogP contribution is -2.40. The molecule has 0 fully saturated rings. The van der Waals surface area contributed by atoms with E-state index in [0.29, 0.717) is 0 Å². The molecule has 0 rings (SSSR count). The normalized spacial score (nSPS) is 11.3. The van der Waals surface area contributed by atoms with E-state index in [2.05, 4.69) is 0 Å². The van der Waals surface area contributed by atoms with Crippen LogP contribution in [0.5, 0.6) is 0 Å². The highest BCUT2D eigenvalue weighted by atomic mass is 16.7. The lowest BCUT2D eigenvalue weighted by Gasteiger charge is -2.26. The van der Waals surface area contributed by atoms with Gasteiger partial charge in [-0.3, -0.25) is 4.84 Å². The van der Waals surface area contributed by atoms with Gasteiger partial charge in [0.1, 0.15) is 0 Å². The van der Waals surface area contributed by atoms with Gasteiger partial charge in [0.15, 0.2) is 0 Å². The molecule has 0 unspecified atom stereocenters. The van der Waals surface area contributed by atoms with Gasteiger partial charge in [-0.1, -0.05) is 0 Å². The fraction of sp³-hybridized carbons (Fsp3) is 0.857. The van der Waals surface area contributed by atoms with Gasteiger partial charge >= 0.3 is 6.09 Å². The molecule has 12 heavy (non-hydrogen) atoms. The Labute approximate surface area is 72.1 Å². The number of amides is 1. The molecule has 0 heterocycles. The molecule has 0 aliphatic heterocycles. The Morgan fingerprint density at radius 1 is 1.58 bits per heavy atom. The number of nitrogens with two attached hydrogens (primary N) is 1. The van der Waals surface area contributed by atoms with Crippen LogP contribution in [0, 0.1) is 0 Å². The van der Waals surface area contributed by atoms with E-state index in [1.54, 1.807) is 20.8 Å². The first-order valence-electron chi connectivity index (χ1n) is 3.76. The summed E-state index contributed by atoms with van der Waals surface area (Å²) in [5.41, 5.74) is 4.69. The Balaban J connectivity index is 4.05. The van der Waals surface area contributed by atoms with E-state index < -0.39 is 11.7 Å². The molecule has 0 saturated heterocycles. The molecule has 1 amide bonds. The minimum Gasteiger partial charge on any atom is -0.463 e. The van der Waals surface area contributed by atoms with E-state index in [1.165, 1.54) is 0 Å². The highest BCUT2D eigenvalue weighted by Crippen LogP contribution is 2.09. The van der Waals surface area contributed by atoms with Crippen molar-refractivity contribution in [3.63, 3.8) is 0 Å². The van der Waals surface area contributed by atoms with Gasteiger partial charge in [-0.25, -0.2) is 4.79 Å². The van der Waals surface area contributed by atoms with Crippen LogP contribution in [0.4, 0.5) is 4.79 Å². The Bertz CT molecular complexity index is 153. The third-order valence-corrected chi connectivity index (χ3v) is 0.930. The molecule has 0 aromatic carbocycles. The van der Waals surface area contributed by atoms with Gasteiger partial charge in [0.05, 0.1) is 12.1 Å². The number of carboxylic acid groups (broad SMARTS) is 1. The van der Waals surface area contributed by atoms with Gasteiger partial charge < -0.3 is 10.8 Å². The third-order valence-electron chi connectivity index (χ3n) is 0.930. The second kappa shape index (κ2) is 4.27. The van der Waals surface area contributed by atoms with Crippen molar-refractivity contribution >= 4 is 6.09 Å². The predicted molar refractivity (Wildman–Crippen MR) is 44.6 cm³/mol. The molecule has 0 aliphatic carbocycles. The fourth-order valence-electron chi connectivity index (χ4n) is 0.628. The number of nitrogens with zero attached hydrogens (tertiary/aromatic N) is 1. The van der Waals surface area contributed by atoms with Gasteiger partial charge in [0.25, 0.3) is 0 Å². The standard InChI is InChI=1S/C7H16N2O3/c1-7(2,3)12-9(5-4-8)6(10)11/h4-5,8H2,1-3H3,(H,10,11). The van der Waals surface area contributed by atoms with Crippen LogP contribution in [-0.2, 0) is 4.84 Å². The van der Waals surface area contributed by atoms with Crippen molar-refractivity contribution in [2.45, 2.75) is 26.4 Å². The first-order chi connectivity index (χ1) is 5.37. The van der Waals surface area contributed by atoms with Crippen LogP contribution in [0.25, 0.3) is 0 Å². The average molecular weight is 176 g/mol. The van der Waals surface area contributed by atoms with Crippen molar-refractivity contribution < 1.29 is 14.7 Å². The van der Waals surface area contributed by atoms with Crippen LogP contribution < -0.4 is 5.73 Å². The zero-order chi connectivity index (χ0) is 9.78. The third kappa shape index (κ3) is 4.92. The molecule has 0 aromatic heterocycles. The van der Waals surface area contributed by atoms with E-state index in [4.69, 9.17) is 15.7 Å². The molecular weight excluding hydrogens is 160 g/mol. The predicted octanol–water partition coefficient (Wildman–Crippen LogP) is 0.655. The summed E-state index contributed by atoms with van der Waals surface area (Å²) < 4.78 is 0. The molecule has 0 saturated carbocycles. The summed E-state index contributed by atoms with van der Waals surface area (Å²) in [6.07, 6.45) is -1.12. The van der Waals surface area contributed by atoms with E-state index in [-0.39, 0.29) is 13.1 Å². The number of hydrogen-bond donors (Lipinski definition) is 2. The van der Waals surface area contributed by atoms with Crippen LogP contribution in [-0.4, -0.2) is 35.0 Å². The Morgan fingerprint density at radius 3 is 2.33 bits per heavy atom. The summed E-state index contributed by atoms with van der Waals surface area (Å²) in [4.78, 5) is 15.6. The molecule has 0 radical (unpaired) electrons. The van der Waals surface area contributed by atoms with Crippen LogP contribution in [0.3, 0.4) is 0 Å². The molecule has 5 nitrogen and oxygen atoms in total. The summed E-state index contributed by atoms with van der Waals surface area (Å²) in [7, 11) is 0. The van der Waals surface area contributed by atoms with Crippen molar-refractivity contribution in [1.82, 2.24) is 5.06 Å². The van der Waals surface area contributed by atoms with Crippen molar-refractivity contribution in [2.24, 2.45) is 5.73 Å². The maximum absolute atomic E-state index is 10.5. The molecular formula is C7H16N2O3. The first kappa shape index (κ1) is 11.2. The quantitative estimate of drug-likeness (QED) is 0.619. The van der Waals surface area contributed by atoms with Crippen LogP contribution in [0.2, 0.25) is 0 Å². The number of hydrogen-bond acceptors (Lipinski definition) is 3. The van der Waals surface area contributed by atoms with Crippen LogP contribution in [0.1, 0.15) is 20.8 Å². The molecule has 72 valence electrons. The molecule has 3 N–H and O–H groups in total. The van der Waals surface area contributed by atoms with E-state index >= 15 is 0 Å². The maximum Gasteiger partial charge on any atom is 0.431 e. The number of hydroxylamine groups is 2. The highest BCUT2D eigenvalue weighted by molar-refractivity contribution is 5.63. The summed E-state index contributed by atoms with van der Waals surface area (Å²) >= 11 is 0. The maximum atomic E-state index is 10.5. The molecule has 0 aliphatic rings. The molecule has 0 atom stereocenters. The van der Waals surface area contributed by atoms with E-state index in [1.807, 2.05) is 0 Å². The first-order valence-corrected chi connectivity index (χ1v) is 3.76. The van der Waals surface area contributed by atoms with Crippen LogP contribution >= 0.6 is 0 Å². The van der Waals surface area contributed by atoms with E-state index in [0.717, 1.165) is 5.06 Å². The van der Waals surface area contributed by atoms with Gasteiger partial charge in [-0.05, 0) is 20.8 Å². The molecule has 0 bridgehead atoms. The highest BCUT2D eigenvalue weighted by Gasteiger charge is 2.20. The Hall–Kier alpha value is -0.810. The van der Waals surface area contributed by atoms with E-state index in [9.17, 15) is 4.79 Å². The summed E-state index contributed by atoms with van der Waals surface area (Å²) in [6.45, 7) is 5.77. The van der Waals surface area contributed by atoms with Gasteiger partial charge in [0, 0.05) is 6.54 Å². The monoisotopic (exact) mass is 176 g/mol. The smallest absolute Gasteiger partial charge is 0.431 e. The fourth-order valence-corrected chi connectivity index (χ4v) is 0.628. The zero-order valence-corrected chi connectivity index (χ0v) is 7.70. The lowest BCUT2D eigenvalue weighted by molar-refractivity contribution is -0.201. The number of rotatable bonds is 3. The summed E-state index contributed by atoms with van der Waals surface area (Å²) in [5, 5.41) is 9.46.